The third-order valence-corrected chi connectivity index (χ3v) is 3.03. The molecule has 1 atom stereocenters. The van der Waals surface area contributed by atoms with Gasteiger partial charge in [-0.3, -0.25) is 4.79 Å². The van der Waals surface area contributed by atoms with Crippen LogP contribution in [0.3, 0.4) is 0 Å². The molecule has 1 rings (SSSR count). The van der Waals surface area contributed by atoms with Crippen molar-refractivity contribution < 1.29 is 9.53 Å². The molecule has 0 spiro atoms. The Balaban J connectivity index is 2.66. The van der Waals surface area contributed by atoms with Gasteiger partial charge in [-0.2, -0.15) is 0 Å². The van der Waals surface area contributed by atoms with Crippen LogP contribution in [0.1, 0.15) is 38.8 Å². The van der Waals surface area contributed by atoms with E-state index >= 15 is 0 Å². The van der Waals surface area contributed by atoms with Crippen LogP contribution in [0.15, 0.2) is 31.0 Å². The van der Waals surface area contributed by atoms with Gasteiger partial charge in [-0.05, 0) is 31.9 Å². The summed E-state index contributed by atoms with van der Waals surface area (Å²) in [6.45, 7) is 8.20. The van der Waals surface area contributed by atoms with E-state index in [1.54, 1.807) is 0 Å². The number of ether oxygens (including phenoxy) is 1. The van der Waals surface area contributed by atoms with Crippen molar-refractivity contribution in [2.45, 2.75) is 38.5 Å². The number of allylic oxidation sites excluding steroid dienone is 1. The van der Waals surface area contributed by atoms with E-state index in [0.717, 1.165) is 18.5 Å². The largest absolute Gasteiger partial charge is 0.466 e. The van der Waals surface area contributed by atoms with Crippen molar-refractivity contribution in [2.24, 2.45) is 0 Å². The number of nitrogens with one attached hydrogen (secondary N) is 1. The monoisotopic (exact) mass is 235 g/mol. The molecule has 1 unspecified atom stereocenters. The average Bonchev–Trinajstić information content (AvgIpc) is 2.81. The fourth-order valence-corrected chi connectivity index (χ4v) is 1.98. The lowest BCUT2D eigenvalue weighted by Gasteiger charge is -2.27. The van der Waals surface area contributed by atoms with Crippen LogP contribution in [0.2, 0.25) is 0 Å². The SMILES string of the molecule is C=CCC(C)(CCC(=O)OCC)c1ccc[nH]1. The Morgan fingerprint density at radius 3 is 2.94 bits per heavy atom. The Hall–Kier alpha value is -1.51. The van der Waals surface area contributed by atoms with E-state index in [-0.39, 0.29) is 11.4 Å². The quantitative estimate of drug-likeness (QED) is 0.582. The molecule has 0 fully saturated rings. The van der Waals surface area contributed by atoms with Gasteiger partial charge in [0.25, 0.3) is 0 Å². The fraction of sp³-hybridized carbons (Fsp3) is 0.500. The van der Waals surface area contributed by atoms with E-state index in [9.17, 15) is 4.79 Å². The van der Waals surface area contributed by atoms with Crippen molar-refractivity contribution in [3.8, 4) is 0 Å². The van der Waals surface area contributed by atoms with E-state index in [1.165, 1.54) is 0 Å². The maximum absolute atomic E-state index is 11.4. The first-order valence-electron chi connectivity index (χ1n) is 6.03. The zero-order valence-electron chi connectivity index (χ0n) is 10.7. The number of carbonyl (C=O) groups is 1. The van der Waals surface area contributed by atoms with E-state index in [4.69, 9.17) is 4.74 Å². The lowest BCUT2D eigenvalue weighted by Crippen LogP contribution is -2.23. The number of esters is 1. The minimum absolute atomic E-state index is 0.0714. The minimum atomic E-state index is -0.130. The third-order valence-electron chi connectivity index (χ3n) is 3.03. The number of aromatic nitrogens is 1. The van der Waals surface area contributed by atoms with Crippen LogP contribution in [-0.4, -0.2) is 17.6 Å². The average molecular weight is 235 g/mol. The maximum Gasteiger partial charge on any atom is 0.305 e. The molecule has 0 bridgehead atoms. The second-order valence-electron chi connectivity index (χ2n) is 4.44. The Kier molecular flexibility index (Phi) is 5.01. The summed E-state index contributed by atoms with van der Waals surface area (Å²) in [5, 5.41) is 0. The van der Waals surface area contributed by atoms with Crippen LogP contribution in [0.25, 0.3) is 0 Å². The first-order chi connectivity index (χ1) is 8.12. The van der Waals surface area contributed by atoms with E-state index in [1.807, 2.05) is 25.3 Å². The molecule has 3 nitrogen and oxygen atoms in total. The number of H-pyrrole nitrogens is 1. The van der Waals surface area contributed by atoms with Crippen LogP contribution >= 0.6 is 0 Å². The highest BCUT2D eigenvalue weighted by atomic mass is 16.5. The van der Waals surface area contributed by atoms with Gasteiger partial charge in [0, 0.05) is 23.7 Å². The summed E-state index contributed by atoms with van der Waals surface area (Å²) < 4.78 is 4.96. The molecule has 3 heteroatoms. The van der Waals surface area contributed by atoms with Gasteiger partial charge in [0.05, 0.1) is 6.61 Å². The Labute approximate surface area is 103 Å². The highest BCUT2D eigenvalue weighted by Gasteiger charge is 2.27. The fourth-order valence-electron chi connectivity index (χ4n) is 1.98. The van der Waals surface area contributed by atoms with Gasteiger partial charge >= 0.3 is 5.97 Å². The van der Waals surface area contributed by atoms with Gasteiger partial charge in [0.2, 0.25) is 0 Å². The number of carbonyl (C=O) groups excluding carboxylic acids is 1. The van der Waals surface area contributed by atoms with Crippen molar-refractivity contribution in [3.05, 3.63) is 36.7 Å². The Bertz CT molecular complexity index is 356. The Morgan fingerprint density at radius 2 is 2.41 bits per heavy atom. The van der Waals surface area contributed by atoms with Crippen LogP contribution in [0.4, 0.5) is 0 Å². The molecule has 1 aromatic rings. The zero-order chi connectivity index (χ0) is 12.7. The van der Waals surface area contributed by atoms with Gasteiger partial charge < -0.3 is 9.72 Å². The van der Waals surface area contributed by atoms with Crippen LogP contribution in [0.5, 0.6) is 0 Å². The lowest BCUT2D eigenvalue weighted by atomic mass is 9.79. The van der Waals surface area contributed by atoms with Crippen molar-refractivity contribution in [2.75, 3.05) is 6.61 Å². The van der Waals surface area contributed by atoms with E-state index in [2.05, 4.69) is 24.6 Å². The smallest absolute Gasteiger partial charge is 0.305 e. The Morgan fingerprint density at radius 1 is 1.65 bits per heavy atom. The first kappa shape index (κ1) is 13.6. The molecule has 1 N–H and O–H groups in total. The topological polar surface area (TPSA) is 42.1 Å². The lowest BCUT2D eigenvalue weighted by molar-refractivity contribution is -0.143. The van der Waals surface area contributed by atoms with Gasteiger partial charge in [0.15, 0.2) is 0 Å². The number of hydrogen-bond donors (Lipinski definition) is 1. The molecule has 94 valence electrons. The van der Waals surface area contributed by atoms with Gasteiger partial charge in [-0.1, -0.05) is 13.0 Å². The van der Waals surface area contributed by atoms with E-state index < -0.39 is 0 Å². The predicted octanol–water partition coefficient (Wildman–Crippen LogP) is 3.19. The molecule has 0 aliphatic carbocycles. The summed E-state index contributed by atoms with van der Waals surface area (Å²) in [6.07, 6.45) is 5.84. The van der Waals surface area contributed by atoms with Crippen LogP contribution in [-0.2, 0) is 14.9 Å². The molecule has 1 heterocycles. The summed E-state index contributed by atoms with van der Waals surface area (Å²) in [6, 6.07) is 4.02. The molecule has 0 amide bonds. The zero-order valence-corrected chi connectivity index (χ0v) is 10.7. The molecular weight excluding hydrogens is 214 g/mol. The number of rotatable bonds is 7. The molecule has 1 aromatic heterocycles. The number of aromatic amines is 1. The highest BCUT2D eigenvalue weighted by Crippen LogP contribution is 2.31. The summed E-state index contributed by atoms with van der Waals surface area (Å²) in [4.78, 5) is 14.6. The van der Waals surface area contributed by atoms with Gasteiger partial charge in [0.1, 0.15) is 0 Å². The summed E-state index contributed by atoms with van der Waals surface area (Å²) in [7, 11) is 0. The van der Waals surface area contributed by atoms with E-state index in [0.29, 0.717) is 13.0 Å². The molecule has 0 aliphatic rings. The van der Waals surface area contributed by atoms with Gasteiger partial charge in [-0.25, -0.2) is 0 Å². The molecule has 0 aliphatic heterocycles. The normalized spacial score (nSPS) is 14.0. The minimum Gasteiger partial charge on any atom is -0.466 e. The molecule has 0 saturated carbocycles. The summed E-state index contributed by atoms with van der Waals surface area (Å²) >= 11 is 0. The van der Waals surface area contributed by atoms with Crippen molar-refractivity contribution in [1.29, 1.82) is 0 Å². The molecule has 0 aromatic carbocycles. The first-order valence-corrected chi connectivity index (χ1v) is 6.03. The number of hydrogen-bond acceptors (Lipinski definition) is 2. The molecular formula is C14H21NO2. The van der Waals surface area contributed by atoms with Crippen molar-refractivity contribution in [1.82, 2.24) is 4.98 Å². The van der Waals surface area contributed by atoms with Crippen LogP contribution < -0.4 is 0 Å². The molecule has 0 radical (unpaired) electrons. The predicted molar refractivity (Wildman–Crippen MR) is 68.8 cm³/mol. The molecule has 17 heavy (non-hydrogen) atoms. The van der Waals surface area contributed by atoms with Crippen molar-refractivity contribution >= 4 is 5.97 Å². The standard InChI is InChI=1S/C14H21NO2/c1-4-9-14(3,12-7-6-11-15-12)10-8-13(16)17-5-2/h4,6-7,11,15H,1,5,8-10H2,2-3H3. The molecule has 0 saturated heterocycles. The maximum atomic E-state index is 11.4. The van der Waals surface area contributed by atoms with Crippen LogP contribution in [0, 0.1) is 0 Å². The second-order valence-corrected chi connectivity index (χ2v) is 4.44. The van der Waals surface area contributed by atoms with Crippen molar-refractivity contribution in [3.63, 3.8) is 0 Å². The summed E-state index contributed by atoms with van der Waals surface area (Å²) in [5.74, 6) is -0.130. The second kappa shape index (κ2) is 6.28. The third kappa shape index (κ3) is 3.77. The summed E-state index contributed by atoms with van der Waals surface area (Å²) in [5.41, 5.74) is 1.07. The highest BCUT2D eigenvalue weighted by molar-refractivity contribution is 5.69. The van der Waals surface area contributed by atoms with Gasteiger partial charge in [-0.15, -0.1) is 6.58 Å².